The molecule has 0 spiro atoms. The van der Waals surface area contributed by atoms with Crippen LogP contribution >= 0.6 is 0 Å². The summed E-state index contributed by atoms with van der Waals surface area (Å²) in [4.78, 5) is 27.6. The van der Waals surface area contributed by atoms with Gasteiger partial charge in [-0.05, 0) is 43.9 Å². The summed E-state index contributed by atoms with van der Waals surface area (Å²) in [6.07, 6.45) is -0.620. The van der Waals surface area contributed by atoms with Crippen LogP contribution in [0, 0.1) is 0 Å². The van der Waals surface area contributed by atoms with Gasteiger partial charge in [-0.1, -0.05) is 18.2 Å². The number of nitrogens with one attached hydrogen (secondary N) is 2. The Balaban J connectivity index is 1.40. The first-order valence-electron chi connectivity index (χ1n) is 9.64. The molecule has 0 bridgehead atoms. The lowest BCUT2D eigenvalue weighted by Crippen LogP contribution is -2.37. The Morgan fingerprint density at radius 3 is 2.37 bits per heavy atom. The molecule has 0 aliphatic heterocycles. The first-order valence-corrected chi connectivity index (χ1v) is 9.64. The van der Waals surface area contributed by atoms with E-state index in [1.54, 1.807) is 6.07 Å². The number of fused-ring (bicyclic) bond motifs is 1. The Kier molecular flexibility index (Phi) is 5.27. The number of carbonyl (C=O) groups excluding carboxylic acids is 1. The molecule has 1 fully saturated rings. The smallest absolute Gasteiger partial charge is 0.349 e. The number of benzene rings is 1. The lowest BCUT2D eigenvalue weighted by atomic mass is 9.82. The first kappa shape index (κ1) is 20.1. The van der Waals surface area contributed by atoms with Gasteiger partial charge in [0, 0.05) is 23.5 Å². The fourth-order valence-electron chi connectivity index (χ4n) is 3.92. The van der Waals surface area contributed by atoms with Gasteiger partial charge in [0.2, 0.25) is 0 Å². The van der Waals surface area contributed by atoms with Crippen LogP contribution in [0.3, 0.4) is 0 Å². The highest BCUT2D eigenvalue weighted by atomic mass is 19.4. The Morgan fingerprint density at radius 1 is 1.03 bits per heavy atom. The summed E-state index contributed by atoms with van der Waals surface area (Å²) in [7, 11) is 0. The van der Waals surface area contributed by atoms with Gasteiger partial charge < -0.3 is 5.32 Å². The van der Waals surface area contributed by atoms with E-state index < -0.39 is 17.8 Å². The number of hydrogen-bond donors (Lipinski definition) is 2. The molecular formula is C21H19F3N4O2. The quantitative estimate of drug-likeness (QED) is 0.680. The number of pyridine rings is 1. The van der Waals surface area contributed by atoms with Gasteiger partial charge in [-0.25, -0.2) is 5.10 Å². The van der Waals surface area contributed by atoms with Gasteiger partial charge in [0.1, 0.15) is 5.69 Å². The molecule has 9 heteroatoms. The number of carbonyl (C=O) groups is 1. The van der Waals surface area contributed by atoms with Crippen LogP contribution in [-0.4, -0.2) is 27.1 Å². The number of nitrogens with zero attached hydrogens (tertiary/aromatic N) is 2. The zero-order chi connectivity index (χ0) is 21.3. The monoisotopic (exact) mass is 416 g/mol. The number of rotatable bonds is 3. The number of aromatic amines is 1. The van der Waals surface area contributed by atoms with Crippen molar-refractivity contribution in [3.63, 3.8) is 0 Å². The van der Waals surface area contributed by atoms with Crippen LogP contribution in [-0.2, 0) is 6.18 Å². The van der Waals surface area contributed by atoms with Crippen molar-refractivity contribution in [3.8, 4) is 0 Å². The van der Waals surface area contributed by atoms with Gasteiger partial charge in [0.25, 0.3) is 11.5 Å². The fourth-order valence-corrected chi connectivity index (χ4v) is 3.92. The third-order valence-electron chi connectivity index (χ3n) is 5.49. The number of aromatic nitrogens is 3. The second kappa shape index (κ2) is 7.89. The van der Waals surface area contributed by atoms with Crippen LogP contribution < -0.4 is 10.9 Å². The molecule has 1 aliphatic rings. The van der Waals surface area contributed by atoms with Crippen LogP contribution in [0.25, 0.3) is 10.8 Å². The van der Waals surface area contributed by atoms with Gasteiger partial charge in [0.15, 0.2) is 0 Å². The molecule has 3 aromatic rings. The molecular weight excluding hydrogens is 397 g/mol. The molecule has 0 unspecified atom stereocenters. The van der Waals surface area contributed by atoms with Crippen molar-refractivity contribution < 1.29 is 18.0 Å². The minimum absolute atomic E-state index is 0.0786. The Hall–Kier alpha value is -3.23. The van der Waals surface area contributed by atoms with E-state index in [0.717, 1.165) is 42.3 Å². The zero-order valence-corrected chi connectivity index (χ0v) is 15.9. The summed E-state index contributed by atoms with van der Waals surface area (Å²) in [5.41, 5.74) is -0.305. The van der Waals surface area contributed by atoms with Crippen molar-refractivity contribution >= 4 is 16.7 Å². The van der Waals surface area contributed by atoms with E-state index >= 15 is 0 Å². The van der Waals surface area contributed by atoms with Gasteiger partial charge in [-0.2, -0.15) is 18.3 Å². The predicted molar refractivity (Wildman–Crippen MR) is 104 cm³/mol. The highest BCUT2D eigenvalue weighted by molar-refractivity contribution is 5.94. The number of amides is 1. The predicted octanol–water partition coefficient (Wildman–Crippen LogP) is 3.79. The molecule has 2 N–H and O–H groups in total. The Labute approximate surface area is 169 Å². The van der Waals surface area contributed by atoms with E-state index in [4.69, 9.17) is 0 Å². The van der Waals surface area contributed by atoms with Crippen molar-refractivity contribution in [2.24, 2.45) is 0 Å². The van der Waals surface area contributed by atoms with Crippen molar-refractivity contribution in [1.29, 1.82) is 0 Å². The average Bonchev–Trinajstić information content (AvgIpc) is 2.74. The highest BCUT2D eigenvalue weighted by Crippen LogP contribution is 2.34. The number of H-pyrrole nitrogens is 1. The largest absolute Gasteiger partial charge is 0.433 e. The third kappa shape index (κ3) is 4.05. The summed E-state index contributed by atoms with van der Waals surface area (Å²) < 4.78 is 37.8. The third-order valence-corrected chi connectivity index (χ3v) is 5.49. The van der Waals surface area contributed by atoms with Crippen LogP contribution in [0.2, 0.25) is 0 Å². The summed E-state index contributed by atoms with van der Waals surface area (Å²) in [5, 5.41) is 11.1. The molecule has 4 rings (SSSR count). The lowest BCUT2D eigenvalue weighted by Gasteiger charge is -2.29. The zero-order valence-electron chi connectivity index (χ0n) is 15.9. The number of alkyl halides is 3. The van der Waals surface area contributed by atoms with Crippen LogP contribution in [0.5, 0.6) is 0 Å². The van der Waals surface area contributed by atoms with Gasteiger partial charge in [-0.15, -0.1) is 0 Å². The molecule has 1 amide bonds. The van der Waals surface area contributed by atoms with Crippen molar-refractivity contribution in [1.82, 2.24) is 20.5 Å². The van der Waals surface area contributed by atoms with Gasteiger partial charge >= 0.3 is 6.18 Å². The number of halogens is 3. The molecule has 0 radical (unpaired) electrons. The number of hydrogen-bond acceptors (Lipinski definition) is 4. The summed E-state index contributed by atoms with van der Waals surface area (Å²) in [5.74, 6) is -0.278. The summed E-state index contributed by atoms with van der Waals surface area (Å²) in [6.45, 7) is 0. The standard InChI is InChI=1S/C21H19F3N4O2/c22-21(23,24)17-10-7-13(11-25-17)19(29)26-14-8-5-12(6-9-14)18-15-3-1-2-4-16(15)20(30)28-27-18/h1-4,7,10-12,14H,5-6,8-9H2,(H,26,29)(H,28,30)/t12-,14-. The average molecular weight is 416 g/mol. The summed E-state index contributed by atoms with van der Waals surface area (Å²) in [6, 6.07) is 9.19. The van der Waals surface area contributed by atoms with E-state index in [0.29, 0.717) is 18.2 Å². The minimum Gasteiger partial charge on any atom is -0.349 e. The normalized spacial score (nSPS) is 19.6. The highest BCUT2D eigenvalue weighted by Gasteiger charge is 2.32. The Morgan fingerprint density at radius 2 is 1.73 bits per heavy atom. The molecule has 1 aliphatic carbocycles. The molecule has 2 heterocycles. The van der Waals surface area contributed by atoms with Gasteiger partial charge in [0.05, 0.1) is 16.6 Å². The SMILES string of the molecule is O=C(N[C@H]1CC[C@H](c2n[nH]c(=O)c3ccccc32)CC1)c1ccc(C(F)(F)F)nc1. The molecule has 6 nitrogen and oxygen atoms in total. The van der Waals surface area contributed by atoms with Gasteiger partial charge in [-0.3, -0.25) is 14.6 Å². The van der Waals surface area contributed by atoms with E-state index in [2.05, 4.69) is 20.5 Å². The second-order valence-electron chi connectivity index (χ2n) is 7.44. The fraction of sp³-hybridized carbons (Fsp3) is 0.333. The van der Waals surface area contributed by atoms with E-state index in [1.165, 1.54) is 0 Å². The van der Waals surface area contributed by atoms with Crippen molar-refractivity contribution in [3.05, 3.63) is 69.9 Å². The molecule has 156 valence electrons. The maximum absolute atomic E-state index is 12.6. The molecule has 1 saturated carbocycles. The molecule has 30 heavy (non-hydrogen) atoms. The van der Waals surface area contributed by atoms with Crippen molar-refractivity contribution in [2.75, 3.05) is 0 Å². The Bertz CT molecular complexity index is 1120. The van der Waals surface area contributed by atoms with E-state index in [-0.39, 0.29) is 23.1 Å². The van der Waals surface area contributed by atoms with Crippen LogP contribution in [0.4, 0.5) is 13.2 Å². The minimum atomic E-state index is -4.53. The molecule has 2 aromatic heterocycles. The molecule has 0 saturated heterocycles. The lowest BCUT2D eigenvalue weighted by molar-refractivity contribution is -0.141. The molecule has 0 atom stereocenters. The maximum Gasteiger partial charge on any atom is 0.433 e. The van der Waals surface area contributed by atoms with E-state index in [1.807, 2.05) is 18.2 Å². The van der Waals surface area contributed by atoms with E-state index in [9.17, 15) is 22.8 Å². The summed E-state index contributed by atoms with van der Waals surface area (Å²) >= 11 is 0. The first-order chi connectivity index (χ1) is 14.3. The maximum atomic E-state index is 12.6. The molecule has 1 aromatic carbocycles. The van der Waals surface area contributed by atoms with Crippen LogP contribution in [0.1, 0.15) is 53.3 Å². The topological polar surface area (TPSA) is 87.7 Å². The van der Waals surface area contributed by atoms with Crippen molar-refractivity contribution in [2.45, 2.75) is 43.8 Å². The second-order valence-corrected chi connectivity index (χ2v) is 7.44. The van der Waals surface area contributed by atoms with Crippen LogP contribution in [0.15, 0.2) is 47.4 Å².